The van der Waals surface area contributed by atoms with Crippen molar-refractivity contribution in [3.8, 4) is 0 Å². The largest absolute Gasteiger partial charge is 0.449 e. The van der Waals surface area contributed by atoms with Gasteiger partial charge in [0.05, 0.1) is 48.8 Å². The lowest BCUT2D eigenvalue weighted by atomic mass is 10.1. The zero-order chi connectivity index (χ0) is 82.1. The first-order valence-electron chi connectivity index (χ1n) is 37.6. The van der Waals surface area contributed by atoms with E-state index in [4.69, 9.17) is 67.8 Å². The summed E-state index contributed by atoms with van der Waals surface area (Å²) < 4.78 is 76.7. The Balaban J connectivity index is 0.000000435. The van der Waals surface area contributed by atoms with Crippen LogP contribution in [0.3, 0.4) is 0 Å². The zero-order valence-corrected chi connectivity index (χ0v) is 70.3. The zero-order valence-electron chi connectivity index (χ0n) is 65.6. The molecule has 6 aliphatic heterocycles. The Hall–Kier alpha value is -6.83. The summed E-state index contributed by atoms with van der Waals surface area (Å²) in [5, 5.41) is 21.6. The van der Waals surface area contributed by atoms with E-state index in [1.165, 1.54) is 39.3 Å². The van der Waals surface area contributed by atoms with Crippen molar-refractivity contribution in [2.24, 2.45) is 0 Å². The number of hydrogen-bond acceptors (Lipinski definition) is 21. The Morgan fingerprint density at radius 2 is 0.757 bits per heavy atom. The van der Waals surface area contributed by atoms with Crippen LogP contribution in [0, 0.1) is 0 Å². The highest BCUT2D eigenvalue weighted by molar-refractivity contribution is 8.13. The molecule has 4 amide bonds. The van der Waals surface area contributed by atoms with Crippen LogP contribution in [0.25, 0.3) is 0 Å². The van der Waals surface area contributed by atoms with Crippen LogP contribution in [0.4, 0.5) is 24.0 Å². The number of amides is 4. The van der Waals surface area contributed by atoms with Crippen LogP contribution in [-0.2, 0) is 84.8 Å². The van der Waals surface area contributed by atoms with E-state index in [0.717, 1.165) is 92.2 Å². The third kappa shape index (κ3) is 52.2. The van der Waals surface area contributed by atoms with Crippen LogP contribution in [0.2, 0.25) is 0 Å². The van der Waals surface area contributed by atoms with Gasteiger partial charge in [-0.3, -0.25) is 4.18 Å². The summed E-state index contributed by atoms with van der Waals surface area (Å²) >= 11 is 14.5. The first kappa shape index (κ1) is 100. The van der Waals surface area contributed by atoms with Crippen molar-refractivity contribution in [1.82, 2.24) is 34.7 Å². The van der Waals surface area contributed by atoms with E-state index in [9.17, 15) is 45.9 Å². The fourth-order valence-corrected chi connectivity index (χ4v) is 11.4. The smallest absolute Gasteiger partial charge is 0.410 e. The second-order valence-electron chi connectivity index (χ2n) is 25.5. The fourth-order valence-electron chi connectivity index (χ4n) is 10.7. The maximum absolute atomic E-state index is 11.9. The quantitative estimate of drug-likeness (QED) is 0.0183. The minimum Gasteiger partial charge on any atom is -0.449 e. The second-order valence-corrected chi connectivity index (χ2v) is 31.3. The number of alkyl halides is 2. The van der Waals surface area contributed by atoms with Gasteiger partial charge in [-0.05, 0) is 132 Å². The number of carbonyl (C=O) groups excluding carboxylic acids is 5. The number of aliphatic hydroxyl groups excluding tert-OH is 2. The van der Waals surface area contributed by atoms with E-state index in [2.05, 4.69) is 78.2 Å². The van der Waals surface area contributed by atoms with Gasteiger partial charge in [0.1, 0.15) is 39.1 Å². The average molecular weight is 1670 g/mol. The lowest BCUT2D eigenvalue weighted by molar-refractivity contribution is 0.0559. The van der Waals surface area contributed by atoms with Crippen molar-refractivity contribution in [3.63, 3.8) is 0 Å². The molecule has 622 valence electrons. The van der Waals surface area contributed by atoms with Gasteiger partial charge in [0, 0.05) is 68.1 Å². The summed E-state index contributed by atoms with van der Waals surface area (Å²) in [5.74, 6) is 0. The topological polar surface area (TPSA) is 293 Å². The summed E-state index contributed by atoms with van der Waals surface area (Å²) in [7, 11) is -2.13. The number of carbonyl (C=O) groups is 5. The summed E-state index contributed by atoms with van der Waals surface area (Å²) in [6, 6.07) is 47.9. The highest BCUT2D eigenvalue weighted by Gasteiger charge is 2.45. The molecule has 31 heteroatoms. The van der Waals surface area contributed by atoms with E-state index in [-0.39, 0.29) is 67.3 Å². The lowest BCUT2D eigenvalue weighted by Crippen LogP contribution is -2.41. The fraction of sp³-hybridized carbons (Fsp3) is 0.537. The molecule has 6 aliphatic rings. The number of nitrogens with one attached hydrogen (secondary N) is 1. The monoisotopic (exact) mass is 1670 g/mol. The van der Waals surface area contributed by atoms with Crippen LogP contribution in [-0.4, -0.2) is 239 Å². The molecule has 0 aromatic heterocycles. The van der Waals surface area contributed by atoms with Gasteiger partial charge in [-0.2, -0.15) is 8.42 Å². The number of likely N-dealkylation sites (tertiary alicyclic amines) is 3. The Morgan fingerprint density at radius 1 is 0.450 bits per heavy atom. The number of aliphatic hydroxyl groups is 2. The number of rotatable bonds is 18. The standard InChI is InChI=1S/C14H19NO5S.C13H15NO3.C13H17NO3.C13H15NO2.C8H7ClO2.2C6H15N.C5H11NO.CH2Cl2.CH3ClO2S/c1-21(17,18)20-13-7-9-15(10-8-13)14(16)19-11-12-5-3-2-4-6-12;15-13(14-7-6-11-12(8-14)17-11)16-9-10-4-2-1-3-5-10;15-12-6-8-14(9-7-12)13(16)17-10-11-4-2-1-3-5-11;15-13(14-9-5-2-6-10-14)16-11-12-7-3-1-4-8-12;9-8(10)11-6-7-4-2-1-3-5-7;2*1-4-7(5-2)6-3;7-5-1-3-6-4-2-5;2-1-3;1-5(2,3)4/h2-6,13H,7-11H2,1H3;1-5,11-12H,6-9H2;1-5,12,15H,6-10H2;1-5,7-8H,6,9-11H2;1-5H,6H2;2*4-6H2,1-3H3;5-7H,1-4H2;1H2;1H3/t;11-,12+;;;;;;;;/m.1......../s1. The molecule has 0 aliphatic carbocycles. The molecule has 0 bridgehead atoms. The van der Waals surface area contributed by atoms with Crippen LogP contribution < -0.4 is 5.32 Å². The van der Waals surface area contributed by atoms with E-state index in [1.54, 1.807) is 19.6 Å². The highest BCUT2D eigenvalue weighted by atomic mass is 35.7. The van der Waals surface area contributed by atoms with Crippen LogP contribution in [0.1, 0.15) is 121 Å². The van der Waals surface area contributed by atoms with Crippen LogP contribution >= 0.6 is 45.5 Å². The summed E-state index contributed by atoms with van der Waals surface area (Å²) in [5.41, 5.74) is 4.11. The minimum atomic E-state index is -3.44. The molecule has 0 radical (unpaired) electrons. The molecular formula is C80H119Cl4N7O18S2. The normalized spacial score (nSPS) is 16.4. The number of piperidine rings is 4. The Labute approximate surface area is 679 Å². The van der Waals surface area contributed by atoms with Gasteiger partial charge in [-0.1, -0.05) is 205 Å². The van der Waals surface area contributed by atoms with E-state index in [1.807, 2.05) is 158 Å². The molecule has 5 aromatic rings. The van der Waals surface area contributed by atoms with Crippen molar-refractivity contribution in [2.75, 3.05) is 123 Å². The molecule has 11 rings (SSSR count). The minimum absolute atomic E-state index is 0.0266. The summed E-state index contributed by atoms with van der Waals surface area (Å²) in [6.07, 6.45) is 10.9. The average Bonchev–Trinajstić information content (AvgIpc) is 1.66. The molecule has 0 saturated carbocycles. The highest BCUT2D eigenvalue weighted by Crippen LogP contribution is 2.31. The summed E-state index contributed by atoms with van der Waals surface area (Å²) in [4.78, 5) is 68.6. The molecule has 2 atom stereocenters. The number of benzene rings is 5. The molecule has 5 saturated heterocycles. The van der Waals surface area contributed by atoms with Crippen LogP contribution in [0.5, 0.6) is 0 Å². The number of fused-ring (bicyclic) bond motifs is 1. The van der Waals surface area contributed by atoms with Gasteiger partial charge >= 0.3 is 29.8 Å². The molecule has 111 heavy (non-hydrogen) atoms. The van der Waals surface area contributed by atoms with Crippen molar-refractivity contribution in [2.45, 2.75) is 156 Å². The third-order valence-corrected chi connectivity index (χ3v) is 17.8. The molecule has 3 N–H and O–H groups in total. The van der Waals surface area contributed by atoms with E-state index < -0.39 is 24.6 Å². The SMILES string of the molecule is CCN(CC)CC.CCN(CC)CC.CS(=O)(=O)Cl.CS(=O)(=O)OC1CCN(C(=O)OCc2ccccc2)CC1.ClCCl.O=C(Cl)OCc1ccccc1.O=C(OCc1ccccc1)N1CC=CCC1.O=C(OCc1ccccc1)N1CCC(O)CC1.O=C(OCc1ccccc1)N1CC[C@H]2O[C@H]2C1.OC1CCNCC1. The molecule has 25 nitrogen and oxygen atoms in total. The molecule has 0 unspecified atom stereocenters. The maximum atomic E-state index is 11.9. The van der Waals surface area contributed by atoms with Crippen molar-refractivity contribution in [1.29, 1.82) is 0 Å². The van der Waals surface area contributed by atoms with Crippen LogP contribution in [0.15, 0.2) is 164 Å². The van der Waals surface area contributed by atoms with E-state index in [0.29, 0.717) is 90.9 Å². The third-order valence-electron chi connectivity index (χ3n) is 17.1. The number of epoxide rings is 1. The van der Waals surface area contributed by atoms with Crippen molar-refractivity contribution < 1.29 is 83.6 Å². The van der Waals surface area contributed by atoms with E-state index >= 15 is 0 Å². The van der Waals surface area contributed by atoms with Gasteiger partial charge in [0.25, 0.3) is 10.1 Å². The van der Waals surface area contributed by atoms with Gasteiger partial charge in [-0.25, -0.2) is 32.4 Å². The molecule has 6 heterocycles. The maximum Gasteiger partial charge on any atom is 0.410 e. The second kappa shape index (κ2) is 60.7. The first-order chi connectivity index (χ1) is 53.2. The van der Waals surface area contributed by atoms with Crippen molar-refractivity contribution >= 4 is 94.5 Å². The summed E-state index contributed by atoms with van der Waals surface area (Å²) in [6.45, 7) is 28.6. The predicted octanol–water partition coefficient (Wildman–Crippen LogP) is 14.5. The Bertz CT molecular complexity index is 3470. The van der Waals surface area contributed by atoms with Gasteiger partial charge in [-0.15, -0.1) is 23.2 Å². The number of nitrogens with zero attached hydrogens (tertiary/aromatic N) is 6. The van der Waals surface area contributed by atoms with Gasteiger partial charge < -0.3 is 73.4 Å². The molecule has 0 spiro atoms. The number of hydrogen-bond donors (Lipinski definition) is 3. The molecule has 5 fully saturated rings. The van der Waals surface area contributed by atoms with Gasteiger partial charge in [0.2, 0.25) is 9.05 Å². The number of ether oxygens (including phenoxy) is 6. The Kier molecular flexibility index (Phi) is 54.8. The first-order valence-corrected chi connectivity index (χ1v) is 43.6. The van der Waals surface area contributed by atoms with Crippen molar-refractivity contribution in [3.05, 3.63) is 192 Å². The van der Waals surface area contributed by atoms with Gasteiger partial charge in [0.15, 0.2) is 0 Å². The predicted molar refractivity (Wildman–Crippen MR) is 439 cm³/mol. The Morgan fingerprint density at radius 3 is 1.04 bits per heavy atom. The molecule has 5 aromatic carbocycles. The lowest BCUT2D eigenvalue weighted by Gasteiger charge is -2.30. The molecular weight excluding hydrogens is 1550 g/mol. The number of halogens is 4.